The molecule has 6 heteroatoms. The lowest BCUT2D eigenvalue weighted by Gasteiger charge is -2.10. The van der Waals surface area contributed by atoms with Gasteiger partial charge in [0.2, 0.25) is 0 Å². The van der Waals surface area contributed by atoms with Crippen LogP contribution in [0.1, 0.15) is 0 Å². The first-order valence-corrected chi connectivity index (χ1v) is 12.4. The topological polar surface area (TPSA) is 9.23 Å². The zero-order chi connectivity index (χ0) is 21.1. The molecule has 0 saturated heterocycles. The van der Waals surface area contributed by atoms with Crippen LogP contribution in [-0.2, 0) is 10.9 Å². The summed E-state index contributed by atoms with van der Waals surface area (Å²) in [6, 6.07) is 27.9. The average molecular weight is 643 g/mol. The van der Waals surface area contributed by atoms with Crippen LogP contribution in [0.3, 0.4) is 0 Å². The number of benzene rings is 4. The quantitative estimate of drug-likeness (QED) is 0.158. The van der Waals surface area contributed by atoms with E-state index < -0.39 is 11.6 Å². The molecule has 4 aromatic rings. The van der Waals surface area contributed by atoms with Crippen molar-refractivity contribution in [1.29, 1.82) is 0 Å². The van der Waals surface area contributed by atoms with Gasteiger partial charge in [-0.2, -0.15) is 0 Å². The van der Waals surface area contributed by atoms with Crippen LogP contribution in [0, 0.1) is 18.8 Å². The molecule has 0 spiro atoms. The summed E-state index contributed by atoms with van der Waals surface area (Å²) in [7, 11) is -0.275. The molecule has 0 amide bonds. The SMILES string of the molecule is Fc1cc(F)cc(Oc2ccc([S+](c3ccc(I)cc3)c3ccc(I)cc3)cc2)c1. The Balaban J connectivity index is 1.67. The van der Waals surface area contributed by atoms with Crippen LogP contribution in [-0.4, -0.2) is 0 Å². The van der Waals surface area contributed by atoms with E-state index in [0.29, 0.717) is 5.75 Å². The van der Waals surface area contributed by atoms with Gasteiger partial charge in [-0.15, -0.1) is 0 Å². The molecule has 0 aliphatic carbocycles. The zero-order valence-electron chi connectivity index (χ0n) is 15.5. The summed E-state index contributed by atoms with van der Waals surface area (Å²) in [4.78, 5) is 3.57. The molecule has 0 bridgehead atoms. The highest BCUT2D eigenvalue weighted by Crippen LogP contribution is 2.33. The minimum Gasteiger partial charge on any atom is -0.457 e. The second kappa shape index (κ2) is 9.65. The van der Waals surface area contributed by atoms with E-state index in [4.69, 9.17) is 4.74 Å². The van der Waals surface area contributed by atoms with Crippen molar-refractivity contribution >= 4 is 56.1 Å². The number of halogens is 4. The largest absolute Gasteiger partial charge is 0.457 e. The molecule has 4 aromatic carbocycles. The molecule has 0 atom stereocenters. The summed E-state index contributed by atoms with van der Waals surface area (Å²) in [5.74, 6) is -0.673. The van der Waals surface area contributed by atoms with Crippen LogP contribution in [0.15, 0.2) is 106 Å². The van der Waals surface area contributed by atoms with Crippen LogP contribution < -0.4 is 4.74 Å². The van der Waals surface area contributed by atoms with Crippen LogP contribution in [0.2, 0.25) is 0 Å². The number of hydrogen-bond donors (Lipinski definition) is 0. The third kappa shape index (κ3) is 5.33. The Kier molecular flexibility index (Phi) is 6.94. The lowest BCUT2D eigenvalue weighted by Crippen LogP contribution is -2.05. The molecule has 0 saturated carbocycles. The minimum atomic E-state index is -0.666. The van der Waals surface area contributed by atoms with E-state index in [9.17, 15) is 8.78 Å². The molecule has 30 heavy (non-hydrogen) atoms. The number of rotatable bonds is 5. The summed E-state index contributed by atoms with van der Waals surface area (Å²) < 4.78 is 34.8. The van der Waals surface area contributed by atoms with Gasteiger partial charge in [0, 0.05) is 25.3 Å². The van der Waals surface area contributed by atoms with Crippen molar-refractivity contribution in [2.24, 2.45) is 0 Å². The van der Waals surface area contributed by atoms with Crippen molar-refractivity contribution in [3.8, 4) is 11.5 Å². The molecule has 0 aliphatic rings. The molecular formula is C24H15F2I2OS+. The van der Waals surface area contributed by atoms with Gasteiger partial charge in [-0.05, 0) is 118 Å². The van der Waals surface area contributed by atoms with Gasteiger partial charge in [-0.25, -0.2) is 8.78 Å². The van der Waals surface area contributed by atoms with E-state index >= 15 is 0 Å². The molecule has 0 heterocycles. The molecular weight excluding hydrogens is 628 g/mol. The van der Waals surface area contributed by atoms with Crippen molar-refractivity contribution < 1.29 is 13.5 Å². The lowest BCUT2D eigenvalue weighted by atomic mass is 10.3. The first-order chi connectivity index (χ1) is 14.5. The Morgan fingerprint density at radius 3 is 1.37 bits per heavy atom. The van der Waals surface area contributed by atoms with Crippen molar-refractivity contribution in [1.82, 2.24) is 0 Å². The zero-order valence-corrected chi connectivity index (χ0v) is 20.6. The smallest absolute Gasteiger partial charge is 0.166 e. The highest BCUT2D eigenvalue weighted by Gasteiger charge is 2.28. The van der Waals surface area contributed by atoms with E-state index in [0.717, 1.165) is 11.0 Å². The maximum absolute atomic E-state index is 13.4. The molecule has 150 valence electrons. The highest BCUT2D eigenvalue weighted by molar-refractivity contribution is 14.1. The Morgan fingerprint density at radius 1 is 0.533 bits per heavy atom. The van der Waals surface area contributed by atoms with Crippen LogP contribution in [0.25, 0.3) is 0 Å². The number of ether oxygens (including phenoxy) is 1. The molecule has 4 rings (SSSR count). The normalized spacial score (nSPS) is 11.0. The van der Waals surface area contributed by atoms with Crippen LogP contribution >= 0.6 is 45.2 Å². The summed E-state index contributed by atoms with van der Waals surface area (Å²) in [5.41, 5.74) is 0. The summed E-state index contributed by atoms with van der Waals surface area (Å²) in [5, 5.41) is 0. The van der Waals surface area contributed by atoms with Crippen molar-refractivity contribution in [2.75, 3.05) is 0 Å². The fourth-order valence-electron chi connectivity index (χ4n) is 2.92. The van der Waals surface area contributed by atoms with E-state index in [1.165, 1.54) is 29.1 Å². The Morgan fingerprint density at radius 2 is 0.933 bits per heavy atom. The molecule has 1 nitrogen and oxygen atoms in total. The van der Waals surface area contributed by atoms with Crippen molar-refractivity contribution in [2.45, 2.75) is 14.7 Å². The highest BCUT2D eigenvalue weighted by atomic mass is 127. The summed E-state index contributed by atoms with van der Waals surface area (Å²) in [6.07, 6.45) is 0. The number of hydrogen-bond acceptors (Lipinski definition) is 1. The molecule has 0 unspecified atom stereocenters. The van der Waals surface area contributed by atoms with Gasteiger partial charge in [-0.3, -0.25) is 0 Å². The molecule has 0 N–H and O–H groups in total. The molecule has 0 aromatic heterocycles. The van der Waals surface area contributed by atoms with E-state index in [-0.39, 0.29) is 16.6 Å². The van der Waals surface area contributed by atoms with Gasteiger partial charge < -0.3 is 4.74 Å². The molecule has 0 radical (unpaired) electrons. The second-order valence-corrected chi connectivity index (χ2v) is 10.9. The van der Waals surface area contributed by atoms with E-state index in [1.54, 1.807) is 0 Å². The van der Waals surface area contributed by atoms with E-state index in [2.05, 4.69) is 93.7 Å². The third-order valence-electron chi connectivity index (χ3n) is 4.23. The molecule has 0 aliphatic heterocycles. The van der Waals surface area contributed by atoms with Gasteiger partial charge in [-0.1, -0.05) is 0 Å². The molecule has 0 fully saturated rings. The predicted octanol–water partition coefficient (Wildman–Crippen LogP) is 8.06. The van der Waals surface area contributed by atoms with Gasteiger partial charge in [0.15, 0.2) is 14.7 Å². The lowest BCUT2D eigenvalue weighted by molar-refractivity contribution is 0.468. The minimum absolute atomic E-state index is 0.134. The Bertz CT molecular complexity index is 1080. The van der Waals surface area contributed by atoms with Crippen molar-refractivity contribution in [3.05, 3.63) is 110 Å². The average Bonchev–Trinajstić information content (AvgIpc) is 2.71. The summed E-state index contributed by atoms with van der Waals surface area (Å²) in [6.45, 7) is 0. The third-order valence-corrected chi connectivity index (χ3v) is 7.90. The standard InChI is InChI=1S/C24H15F2I2OS/c25-16-13-17(26)15-21(14-16)29-20-5-11-24(12-6-20)30(22-7-1-18(27)2-8-22)23-9-3-19(28)4-10-23/h1-15H/q+1. The first kappa shape index (κ1) is 21.6. The summed E-state index contributed by atoms with van der Waals surface area (Å²) >= 11 is 4.61. The van der Waals surface area contributed by atoms with Gasteiger partial charge in [0.1, 0.15) is 23.1 Å². The maximum atomic E-state index is 13.4. The fraction of sp³-hybridized carbons (Fsp3) is 0. The van der Waals surface area contributed by atoms with Gasteiger partial charge in [0.05, 0.1) is 10.9 Å². The Labute approximate surface area is 204 Å². The van der Waals surface area contributed by atoms with Gasteiger partial charge in [0.25, 0.3) is 0 Å². The van der Waals surface area contributed by atoms with Gasteiger partial charge >= 0.3 is 0 Å². The Hall–Kier alpha value is -1.65. The van der Waals surface area contributed by atoms with Crippen molar-refractivity contribution in [3.63, 3.8) is 0 Å². The predicted molar refractivity (Wildman–Crippen MR) is 133 cm³/mol. The van der Waals surface area contributed by atoms with E-state index in [1.807, 2.05) is 24.3 Å². The van der Waals surface area contributed by atoms with Crippen LogP contribution in [0.4, 0.5) is 8.78 Å². The van der Waals surface area contributed by atoms with Crippen LogP contribution in [0.5, 0.6) is 11.5 Å². The maximum Gasteiger partial charge on any atom is 0.166 e. The first-order valence-electron chi connectivity index (χ1n) is 8.97. The monoisotopic (exact) mass is 643 g/mol. The fourth-order valence-corrected chi connectivity index (χ4v) is 5.68. The second-order valence-electron chi connectivity index (χ2n) is 6.39.